The summed E-state index contributed by atoms with van der Waals surface area (Å²) < 4.78 is 9.20. The first-order chi connectivity index (χ1) is 30.9. The van der Waals surface area contributed by atoms with Crippen LogP contribution >= 0.6 is 11.3 Å². The van der Waals surface area contributed by atoms with E-state index in [2.05, 4.69) is 223 Å². The molecule has 0 amide bonds. The van der Waals surface area contributed by atoms with Crippen LogP contribution in [0, 0.1) is 5.92 Å². The van der Waals surface area contributed by atoms with Crippen molar-refractivity contribution in [2.24, 2.45) is 5.92 Å². The van der Waals surface area contributed by atoms with Gasteiger partial charge in [-0.15, -0.1) is 11.3 Å². The molecule has 2 aromatic heterocycles. The summed E-state index contributed by atoms with van der Waals surface area (Å²) in [5.41, 5.74) is 15.2. The van der Waals surface area contributed by atoms with E-state index in [9.17, 15) is 0 Å². The van der Waals surface area contributed by atoms with Crippen LogP contribution in [0.2, 0.25) is 0 Å². The predicted octanol–water partition coefficient (Wildman–Crippen LogP) is 18.2. The number of para-hydroxylation sites is 2. The molecule has 0 fully saturated rings. The Morgan fingerprint density at radius 2 is 1.19 bits per heavy atom. The van der Waals surface area contributed by atoms with Crippen molar-refractivity contribution in [3.8, 4) is 22.3 Å². The monoisotopic (exact) mass is 847 g/mol. The van der Waals surface area contributed by atoms with E-state index in [1.807, 2.05) is 17.4 Å². The van der Waals surface area contributed by atoms with Crippen LogP contribution in [-0.4, -0.2) is 0 Å². The molecule has 0 N–H and O–H groups in total. The molecule has 1 unspecified atom stereocenters. The summed E-state index contributed by atoms with van der Waals surface area (Å²) in [7, 11) is 0. The fourth-order valence-corrected chi connectivity index (χ4v) is 11.0. The standard InChI is InChI=1S/C61H53NOS/c1-38-31-32-52(51(33-38)48-25-14-18-39-17-13-23-45(57(39)48)41-34-42(60(2,3)4)37-43(35-41)61(5,6)7)62(53-27-16-30-56-58(53)50-22-9-11-29-55(50)64-56)44-20-12-19-40(36-44)46-24-15-26-49-47-21-8-10-28-54(47)63-59(46)49/h8-30,32-38H,31H2,1-7H3. The SMILES string of the molecule is CC1C=C(c2cccc3cccc(-c4cc(C(C)(C)C)cc(C(C)(C)C)c4)c23)C(N(c2cccc(-c3cccc4c3oc3ccccc34)c2)c2cccc3sc4ccccc4c23)=CC1. The van der Waals surface area contributed by atoms with Gasteiger partial charge in [-0.3, -0.25) is 0 Å². The van der Waals surface area contributed by atoms with Crippen molar-refractivity contribution in [2.75, 3.05) is 4.90 Å². The lowest BCUT2D eigenvalue weighted by atomic mass is 9.78. The minimum absolute atomic E-state index is 0.00151. The molecule has 314 valence electrons. The summed E-state index contributed by atoms with van der Waals surface area (Å²) in [5, 5.41) is 7.35. The zero-order valence-electron chi connectivity index (χ0n) is 37.8. The molecule has 0 spiro atoms. The molecule has 11 rings (SSSR count). The molecule has 0 saturated heterocycles. The maximum atomic E-state index is 6.63. The number of rotatable bonds is 6. The average molecular weight is 848 g/mol. The van der Waals surface area contributed by atoms with Crippen molar-refractivity contribution in [3.05, 3.63) is 198 Å². The molecule has 1 aliphatic carbocycles. The second-order valence-electron chi connectivity index (χ2n) is 19.8. The Morgan fingerprint density at radius 1 is 0.547 bits per heavy atom. The van der Waals surface area contributed by atoms with Crippen LogP contribution in [0.3, 0.4) is 0 Å². The molecule has 64 heavy (non-hydrogen) atoms. The van der Waals surface area contributed by atoms with Gasteiger partial charge in [0.2, 0.25) is 0 Å². The highest BCUT2D eigenvalue weighted by Crippen LogP contribution is 2.49. The van der Waals surface area contributed by atoms with Gasteiger partial charge in [0.05, 0.1) is 5.69 Å². The largest absolute Gasteiger partial charge is 0.455 e. The summed E-state index contributed by atoms with van der Waals surface area (Å²) in [6.45, 7) is 16.3. The number of thiophene rings is 1. The zero-order chi connectivity index (χ0) is 43.9. The number of hydrogen-bond acceptors (Lipinski definition) is 3. The molecule has 1 aliphatic rings. The van der Waals surface area contributed by atoms with E-state index in [0.29, 0.717) is 5.92 Å². The first-order valence-electron chi connectivity index (χ1n) is 22.7. The smallest absolute Gasteiger partial charge is 0.143 e. The number of furan rings is 1. The minimum Gasteiger partial charge on any atom is -0.455 e. The van der Waals surface area contributed by atoms with E-state index in [4.69, 9.17) is 4.42 Å². The number of benzene rings is 8. The third-order valence-electron chi connectivity index (χ3n) is 13.3. The lowest BCUT2D eigenvalue weighted by Gasteiger charge is -2.34. The van der Waals surface area contributed by atoms with Crippen molar-refractivity contribution in [1.29, 1.82) is 0 Å². The summed E-state index contributed by atoms with van der Waals surface area (Å²) in [4.78, 5) is 2.56. The summed E-state index contributed by atoms with van der Waals surface area (Å²) >= 11 is 1.87. The molecule has 2 nitrogen and oxygen atoms in total. The van der Waals surface area contributed by atoms with Crippen LogP contribution in [0.1, 0.15) is 71.6 Å². The van der Waals surface area contributed by atoms with Gasteiger partial charge in [0.25, 0.3) is 0 Å². The molecule has 8 aromatic carbocycles. The van der Waals surface area contributed by atoms with E-state index in [0.717, 1.165) is 45.2 Å². The molecule has 0 aliphatic heterocycles. The molecule has 0 saturated carbocycles. The van der Waals surface area contributed by atoms with Gasteiger partial charge in [0.1, 0.15) is 11.2 Å². The molecule has 3 heteroatoms. The first kappa shape index (κ1) is 40.1. The van der Waals surface area contributed by atoms with Crippen LogP contribution in [0.5, 0.6) is 0 Å². The van der Waals surface area contributed by atoms with Crippen LogP contribution in [-0.2, 0) is 10.8 Å². The lowest BCUT2D eigenvalue weighted by Crippen LogP contribution is -2.20. The van der Waals surface area contributed by atoms with Gasteiger partial charge in [-0.1, -0.05) is 188 Å². The second kappa shape index (κ2) is 15.2. The third kappa shape index (κ3) is 6.85. The van der Waals surface area contributed by atoms with Gasteiger partial charge in [-0.05, 0) is 104 Å². The third-order valence-corrected chi connectivity index (χ3v) is 14.4. The van der Waals surface area contributed by atoms with Crippen molar-refractivity contribution in [3.63, 3.8) is 0 Å². The lowest BCUT2D eigenvalue weighted by molar-refractivity contribution is 0.569. The Balaban J connectivity index is 1.16. The molecular formula is C61H53NOS. The summed E-state index contributed by atoms with van der Waals surface area (Å²) in [5.74, 6) is 0.356. The van der Waals surface area contributed by atoms with E-state index in [1.54, 1.807) is 0 Å². The molecule has 2 heterocycles. The Labute approximate surface area is 380 Å². The van der Waals surface area contributed by atoms with Crippen molar-refractivity contribution < 1.29 is 4.42 Å². The maximum Gasteiger partial charge on any atom is 0.143 e. The van der Waals surface area contributed by atoms with Gasteiger partial charge in [-0.25, -0.2) is 0 Å². The zero-order valence-corrected chi connectivity index (χ0v) is 38.6. The number of nitrogens with zero attached hydrogens (tertiary/aromatic N) is 1. The van der Waals surface area contributed by atoms with E-state index in [1.165, 1.54) is 75.7 Å². The summed E-state index contributed by atoms with van der Waals surface area (Å²) in [6.07, 6.45) is 5.97. The fraction of sp³-hybridized carbons (Fsp3) is 0.180. The number of fused-ring (bicyclic) bond motifs is 7. The Kier molecular flexibility index (Phi) is 9.56. The topological polar surface area (TPSA) is 16.4 Å². The van der Waals surface area contributed by atoms with Crippen molar-refractivity contribution in [2.45, 2.75) is 65.7 Å². The Bertz CT molecular complexity index is 3490. The molecular weight excluding hydrogens is 795 g/mol. The second-order valence-corrected chi connectivity index (χ2v) is 20.9. The highest BCUT2D eigenvalue weighted by atomic mass is 32.1. The van der Waals surface area contributed by atoms with Crippen LogP contribution in [0.15, 0.2) is 186 Å². The number of allylic oxidation sites excluding steroid dienone is 3. The van der Waals surface area contributed by atoms with E-state index in [-0.39, 0.29) is 10.8 Å². The Hall–Kier alpha value is -6.68. The van der Waals surface area contributed by atoms with Gasteiger partial charge < -0.3 is 9.32 Å². The molecule has 0 radical (unpaired) electrons. The average Bonchev–Trinajstić information content (AvgIpc) is 3.88. The molecule has 0 bridgehead atoms. The van der Waals surface area contributed by atoms with Gasteiger partial charge >= 0.3 is 0 Å². The number of anilines is 2. The Morgan fingerprint density at radius 3 is 1.97 bits per heavy atom. The van der Waals surface area contributed by atoms with Crippen LogP contribution in [0.4, 0.5) is 11.4 Å². The van der Waals surface area contributed by atoms with E-state index < -0.39 is 0 Å². The number of hydrogen-bond donors (Lipinski definition) is 0. The van der Waals surface area contributed by atoms with E-state index >= 15 is 0 Å². The predicted molar refractivity (Wildman–Crippen MR) is 277 cm³/mol. The highest BCUT2D eigenvalue weighted by Gasteiger charge is 2.28. The normalized spacial score (nSPS) is 14.8. The summed E-state index contributed by atoms with van der Waals surface area (Å²) in [6, 6.07) is 60.8. The fourth-order valence-electron chi connectivity index (χ4n) is 9.88. The van der Waals surface area contributed by atoms with Crippen LogP contribution in [0.25, 0.3) is 80.7 Å². The van der Waals surface area contributed by atoms with Gasteiger partial charge in [-0.2, -0.15) is 0 Å². The maximum absolute atomic E-state index is 6.63. The van der Waals surface area contributed by atoms with Gasteiger partial charge in [0, 0.05) is 53.5 Å². The van der Waals surface area contributed by atoms with Crippen LogP contribution < -0.4 is 4.90 Å². The van der Waals surface area contributed by atoms with Crippen molar-refractivity contribution >= 4 is 81.2 Å². The molecule has 10 aromatic rings. The first-order valence-corrected chi connectivity index (χ1v) is 23.5. The highest BCUT2D eigenvalue weighted by molar-refractivity contribution is 7.26. The van der Waals surface area contributed by atoms with Crippen molar-refractivity contribution in [1.82, 2.24) is 0 Å². The van der Waals surface area contributed by atoms with Gasteiger partial charge in [0.15, 0.2) is 0 Å². The minimum atomic E-state index is -0.00151. The quantitative estimate of drug-likeness (QED) is 0.166. The molecule has 1 atom stereocenters.